The highest BCUT2D eigenvalue weighted by atomic mass is 16.5. The van der Waals surface area contributed by atoms with Crippen molar-refractivity contribution in [3.05, 3.63) is 36.9 Å². The number of rotatable bonds is 7. The molecule has 2 heterocycles. The van der Waals surface area contributed by atoms with Gasteiger partial charge in [0.1, 0.15) is 0 Å². The summed E-state index contributed by atoms with van der Waals surface area (Å²) in [5.74, 6) is 0. The summed E-state index contributed by atoms with van der Waals surface area (Å²) in [6, 6.07) is 3.67. The minimum absolute atomic E-state index is 0.200. The van der Waals surface area contributed by atoms with Crippen molar-refractivity contribution in [2.24, 2.45) is 0 Å². The predicted octanol–water partition coefficient (Wildman–Crippen LogP) is 0.891. The Morgan fingerprint density at radius 1 is 1.24 bits per heavy atom. The topological polar surface area (TPSA) is 81.1 Å². The van der Waals surface area contributed by atoms with Crippen LogP contribution in [0.25, 0.3) is 11.1 Å². The van der Waals surface area contributed by atoms with Crippen LogP contribution in [0.2, 0.25) is 0 Å². The van der Waals surface area contributed by atoms with Crippen molar-refractivity contribution in [2.45, 2.75) is 6.54 Å². The Bertz CT molecular complexity index is 556. The molecule has 0 aliphatic heterocycles. The molecule has 0 saturated heterocycles. The van der Waals surface area contributed by atoms with Gasteiger partial charge in [-0.1, -0.05) is 0 Å². The van der Waals surface area contributed by atoms with Crippen molar-refractivity contribution < 1.29 is 9.53 Å². The van der Waals surface area contributed by atoms with Gasteiger partial charge in [0, 0.05) is 44.4 Å². The second kappa shape index (κ2) is 8.01. The van der Waals surface area contributed by atoms with Crippen LogP contribution in [-0.2, 0) is 11.3 Å². The zero-order chi connectivity index (χ0) is 14.9. The zero-order valence-corrected chi connectivity index (χ0v) is 12.0. The molecule has 0 bridgehead atoms. The van der Waals surface area contributed by atoms with E-state index in [2.05, 4.69) is 20.7 Å². The summed E-state index contributed by atoms with van der Waals surface area (Å²) in [6.07, 6.45) is 7.24. The Balaban J connectivity index is 1.75. The quantitative estimate of drug-likeness (QED) is 0.742. The van der Waals surface area contributed by atoms with Gasteiger partial charge in [-0.25, -0.2) is 4.79 Å². The Labute approximate surface area is 123 Å². The number of hydrogen-bond donors (Lipinski definition) is 2. The van der Waals surface area contributed by atoms with E-state index in [4.69, 9.17) is 4.74 Å². The van der Waals surface area contributed by atoms with Gasteiger partial charge in [0.15, 0.2) is 0 Å². The molecule has 7 heteroatoms. The van der Waals surface area contributed by atoms with E-state index in [1.165, 1.54) is 0 Å². The second-order valence-corrected chi connectivity index (χ2v) is 4.40. The molecule has 0 aliphatic rings. The summed E-state index contributed by atoms with van der Waals surface area (Å²) in [7, 11) is 1.59. The number of amides is 2. The molecule has 112 valence electrons. The first-order valence-corrected chi connectivity index (χ1v) is 6.73. The Morgan fingerprint density at radius 2 is 2.00 bits per heavy atom. The first-order valence-electron chi connectivity index (χ1n) is 6.73. The molecule has 0 aliphatic carbocycles. The molecular formula is C14H19N5O2. The molecule has 2 N–H and O–H groups in total. The number of methoxy groups -OCH3 is 1. The third-order valence-corrected chi connectivity index (χ3v) is 2.87. The van der Waals surface area contributed by atoms with Gasteiger partial charge in [0.05, 0.1) is 19.3 Å². The molecule has 0 atom stereocenters. The summed E-state index contributed by atoms with van der Waals surface area (Å²) in [6.45, 7) is 2.12. The van der Waals surface area contributed by atoms with Crippen molar-refractivity contribution in [2.75, 3.05) is 26.8 Å². The largest absolute Gasteiger partial charge is 0.383 e. The number of nitrogens with zero attached hydrogens (tertiary/aromatic N) is 3. The van der Waals surface area contributed by atoms with E-state index in [1.807, 2.05) is 18.3 Å². The van der Waals surface area contributed by atoms with E-state index in [9.17, 15) is 4.79 Å². The fourth-order valence-electron chi connectivity index (χ4n) is 1.79. The molecule has 0 radical (unpaired) electrons. The second-order valence-electron chi connectivity index (χ2n) is 4.40. The summed E-state index contributed by atoms with van der Waals surface area (Å²) < 4.78 is 6.65. The minimum atomic E-state index is -0.200. The van der Waals surface area contributed by atoms with Crippen molar-refractivity contribution in [1.29, 1.82) is 0 Å². The molecule has 7 nitrogen and oxygen atoms in total. The van der Waals surface area contributed by atoms with Crippen LogP contribution in [0.3, 0.4) is 0 Å². The summed E-state index contributed by atoms with van der Waals surface area (Å²) >= 11 is 0. The molecule has 2 amide bonds. The van der Waals surface area contributed by atoms with Gasteiger partial charge in [-0.15, -0.1) is 0 Å². The maximum Gasteiger partial charge on any atom is 0.314 e. The van der Waals surface area contributed by atoms with Gasteiger partial charge in [-0.3, -0.25) is 9.67 Å². The number of urea groups is 1. The van der Waals surface area contributed by atoms with Crippen molar-refractivity contribution >= 4 is 6.03 Å². The van der Waals surface area contributed by atoms with Gasteiger partial charge >= 0.3 is 6.03 Å². The number of nitrogens with one attached hydrogen (secondary N) is 2. The molecule has 21 heavy (non-hydrogen) atoms. The molecule has 0 aromatic carbocycles. The summed E-state index contributed by atoms with van der Waals surface area (Å²) in [5, 5.41) is 9.72. The number of hydrogen-bond acceptors (Lipinski definition) is 4. The fourth-order valence-corrected chi connectivity index (χ4v) is 1.79. The molecule has 0 saturated carbocycles. The average Bonchev–Trinajstić information content (AvgIpc) is 2.97. The molecule has 0 unspecified atom stereocenters. The Kier molecular flexibility index (Phi) is 5.71. The first-order chi connectivity index (χ1) is 10.3. The van der Waals surface area contributed by atoms with Gasteiger partial charge < -0.3 is 15.4 Å². The molecular weight excluding hydrogens is 270 g/mol. The highest BCUT2D eigenvalue weighted by molar-refractivity contribution is 5.73. The summed E-state index contributed by atoms with van der Waals surface area (Å²) in [4.78, 5) is 15.4. The van der Waals surface area contributed by atoms with Crippen LogP contribution in [0, 0.1) is 0 Å². The maximum atomic E-state index is 11.4. The highest BCUT2D eigenvalue weighted by Crippen LogP contribution is 2.16. The van der Waals surface area contributed by atoms with Gasteiger partial charge in [0.2, 0.25) is 0 Å². The molecule has 2 rings (SSSR count). The maximum absolute atomic E-state index is 11.4. The standard InChI is InChI=1S/C14H19N5O2/c1-21-9-7-17-14(20)16-6-8-19-11-13(10-18-19)12-2-4-15-5-3-12/h2-5,10-11H,6-9H2,1H3,(H2,16,17,20). The summed E-state index contributed by atoms with van der Waals surface area (Å²) in [5.41, 5.74) is 2.10. The predicted molar refractivity (Wildman–Crippen MR) is 78.7 cm³/mol. The lowest BCUT2D eigenvalue weighted by Crippen LogP contribution is -2.38. The van der Waals surface area contributed by atoms with Gasteiger partial charge in [0.25, 0.3) is 0 Å². The van der Waals surface area contributed by atoms with Crippen LogP contribution >= 0.6 is 0 Å². The zero-order valence-electron chi connectivity index (χ0n) is 12.0. The SMILES string of the molecule is COCCNC(=O)NCCn1cc(-c2ccncc2)cn1. The van der Waals surface area contributed by atoms with Gasteiger partial charge in [-0.05, 0) is 17.7 Å². The normalized spacial score (nSPS) is 10.3. The third-order valence-electron chi connectivity index (χ3n) is 2.87. The Hall–Kier alpha value is -2.41. The van der Waals surface area contributed by atoms with E-state index in [0.29, 0.717) is 26.2 Å². The van der Waals surface area contributed by atoms with Crippen LogP contribution < -0.4 is 10.6 Å². The lowest BCUT2D eigenvalue weighted by molar-refractivity contribution is 0.196. The van der Waals surface area contributed by atoms with E-state index < -0.39 is 0 Å². The average molecular weight is 289 g/mol. The van der Waals surface area contributed by atoms with Crippen molar-refractivity contribution in [1.82, 2.24) is 25.4 Å². The lowest BCUT2D eigenvalue weighted by Gasteiger charge is -2.07. The smallest absolute Gasteiger partial charge is 0.314 e. The van der Waals surface area contributed by atoms with Crippen LogP contribution in [0.1, 0.15) is 0 Å². The van der Waals surface area contributed by atoms with E-state index in [1.54, 1.807) is 30.4 Å². The number of ether oxygens (including phenoxy) is 1. The number of pyridine rings is 1. The molecule has 0 spiro atoms. The molecule has 2 aromatic rings. The van der Waals surface area contributed by atoms with Gasteiger partial charge in [-0.2, -0.15) is 5.10 Å². The monoisotopic (exact) mass is 289 g/mol. The minimum Gasteiger partial charge on any atom is -0.383 e. The third kappa shape index (κ3) is 4.88. The van der Waals surface area contributed by atoms with Crippen molar-refractivity contribution in [3.63, 3.8) is 0 Å². The number of carbonyl (C=O) groups excluding carboxylic acids is 1. The molecule has 0 fully saturated rings. The highest BCUT2D eigenvalue weighted by Gasteiger charge is 2.02. The van der Waals surface area contributed by atoms with Crippen LogP contribution in [0.5, 0.6) is 0 Å². The van der Waals surface area contributed by atoms with Crippen LogP contribution in [0.15, 0.2) is 36.9 Å². The van der Waals surface area contributed by atoms with Crippen LogP contribution in [0.4, 0.5) is 4.79 Å². The van der Waals surface area contributed by atoms with Crippen molar-refractivity contribution in [3.8, 4) is 11.1 Å². The van der Waals surface area contributed by atoms with Crippen LogP contribution in [-0.4, -0.2) is 47.6 Å². The van der Waals surface area contributed by atoms with E-state index in [0.717, 1.165) is 11.1 Å². The first kappa shape index (κ1) is 15.0. The van der Waals surface area contributed by atoms with E-state index in [-0.39, 0.29) is 6.03 Å². The number of carbonyl (C=O) groups is 1. The Morgan fingerprint density at radius 3 is 2.76 bits per heavy atom. The van der Waals surface area contributed by atoms with E-state index >= 15 is 0 Å². The number of aromatic nitrogens is 3. The molecule has 2 aromatic heterocycles. The lowest BCUT2D eigenvalue weighted by atomic mass is 10.1. The fraction of sp³-hybridized carbons (Fsp3) is 0.357.